The Hall–Kier alpha value is -1.37. The van der Waals surface area contributed by atoms with Crippen molar-refractivity contribution in [2.75, 3.05) is 13.1 Å². The summed E-state index contributed by atoms with van der Waals surface area (Å²) in [5.74, 6) is -0.919. The number of aliphatic carboxylic acids is 1. The Morgan fingerprint density at radius 3 is 2.74 bits per heavy atom. The third-order valence-electron chi connectivity index (χ3n) is 3.03. The number of carboxylic acids is 1. The van der Waals surface area contributed by atoms with Crippen LogP contribution in [0.5, 0.6) is 0 Å². The van der Waals surface area contributed by atoms with Gasteiger partial charge in [0, 0.05) is 12.5 Å². The fourth-order valence-electron chi connectivity index (χ4n) is 1.96. The molecule has 0 bridgehead atoms. The number of rotatable bonds is 6. The number of H-pyrrole nitrogens is 1. The molecule has 1 heterocycles. The second-order valence-electron chi connectivity index (χ2n) is 4.69. The van der Waals surface area contributed by atoms with Gasteiger partial charge in [0.05, 0.1) is 10.2 Å². The lowest BCUT2D eigenvalue weighted by atomic mass is 10.2. The molecule has 0 spiro atoms. The number of carbonyl (C=O) groups excluding carboxylic acids is 1. The predicted molar refractivity (Wildman–Crippen MR) is 72.1 cm³/mol. The van der Waals surface area contributed by atoms with Crippen LogP contribution in [0, 0.1) is 0 Å². The highest BCUT2D eigenvalue weighted by Gasteiger charge is 2.31. The van der Waals surface area contributed by atoms with E-state index in [1.807, 2.05) is 6.92 Å². The van der Waals surface area contributed by atoms with Crippen molar-refractivity contribution >= 4 is 27.8 Å². The molecule has 0 unspecified atom stereocenters. The van der Waals surface area contributed by atoms with Crippen LogP contribution >= 0.6 is 15.9 Å². The number of carboxylic acid groups (broad SMARTS) is 1. The standard InChI is InChI=1S/C12H16BrN3O3/c1-2-5-16(6-8(17)18)12(19)11-9(13)10(14-15-11)7-3-4-7/h7H,2-6H2,1H3,(H,14,15)(H,17,18). The monoisotopic (exact) mass is 329 g/mol. The molecule has 0 aliphatic heterocycles. The second kappa shape index (κ2) is 5.73. The van der Waals surface area contributed by atoms with Gasteiger partial charge >= 0.3 is 5.97 Å². The average molecular weight is 330 g/mol. The Morgan fingerprint density at radius 2 is 2.21 bits per heavy atom. The third-order valence-corrected chi connectivity index (χ3v) is 3.83. The Bertz CT molecular complexity index is 496. The lowest BCUT2D eigenvalue weighted by Gasteiger charge is -2.18. The van der Waals surface area contributed by atoms with E-state index in [0.29, 0.717) is 23.4 Å². The molecular weight excluding hydrogens is 314 g/mol. The summed E-state index contributed by atoms with van der Waals surface area (Å²) in [6.45, 7) is 2.01. The summed E-state index contributed by atoms with van der Waals surface area (Å²) in [5.41, 5.74) is 1.21. The van der Waals surface area contributed by atoms with E-state index in [0.717, 1.165) is 18.5 Å². The Morgan fingerprint density at radius 1 is 1.53 bits per heavy atom. The Kier molecular flexibility index (Phi) is 4.24. The fraction of sp³-hybridized carbons (Fsp3) is 0.583. The number of nitrogens with zero attached hydrogens (tertiary/aromatic N) is 2. The SMILES string of the molecule is CCCN(CC(=O)O)C(=O)c1n[nH]c(C2CC2)c1Br. The van der Waals surface area contributed by atoms with Gasteiger partial charge in [0.1, 0.15) is 6.54 Å². The van der Waals surface area contributed by atoms with Gasteiger partial charge in [0.2, 0.25) is 0 Å². The van der Waals surface area contributed by atoms with E-state index < -0.39 is 5.97 Å². The van der Waals surface area contributed by atoms with Crippen LogP contribution in [-0.2, 0) is 4.79 Å². The number of nitrogens with one attached hydrogen (secondary N) is 1. The molecule has 1 amide bonds. The Balaban J connectivity index is 2.18. The first-order valence-electron chi connectivity index (χ1n) is 6.29. The molecule has 6 nitrogen and oxygen atoms in total. The summed E-state index contributed by atoms with van der Waals surface area (Å²) >= 11 is 3.39. The summed E-state index contributed by atoms with van der Waals surface area (Å²) < 4.78 is 0.673. The lowest BCUT2D eigenvalue weighted by Crippen LogP contribution is -2.36. The minimum absolute atomic E-state index is 0.275. The molecule has 1 saturated carbocycles. The Labute approximate surface area is 119 Å². The van der Waals surface area contributed by atoms with Crippen LogP contribution in [0.25, 0.3) is 0 Å². The van der Waals surface area contributed by atoms with Gasteiger partial charge in [0.15, 0.2) is 5.69 Å². The average Bonchev–Trinajstić information content (AvgIpc) is 3.11. The molecule has 1 aromatic rings. The molecule has 0 aromatic carbocycles. The highest BCUT2D eigenvalue weighted by molar-refractivity contribution is 9.10. The summed E-state index contributed by atoms with van der Waals surface area (Å²) in [6, 6.07) is 0. The lowest BCUT2D eigenvalue weighted by molar-refractivity contribution is -0.137. The molecule has 19 heavy (non-hydrogen) atoms. The third kappa shape index (κ3) is 3.15. The van der Waals surface area contributed by atoms with Crippen molar-refractivity contribution in [3.63, 3.8) is 0 Å². The number of aromatic nitrogens is 2. The maximum absolute atomic E-state index is 12.3. The first-order chi connectivity index (χ1) is 9.04. The van der Waals surface area contributed by atoms with Crippen molar-refractivity contribution in [1.82, 2.24) is 15.1 Å². The van der Waals surface area contributed by atoms with E-state index >= 15 is 0 Å². The minimum atomic E-state index is -1.02. The largest absolute Gasteiger partial charge is 0.480 e. The van der Waals surface area contributed by atoms with Crippen molar-refractivity contribution in [1.29, 1.82) is 0 Å². The predicted octanol–water partition coefficient (Wildman–Crippen LogP) is 1.99. The quantitative estimate of drug-likeness (QED) is 0.835. The summed E-state index contributed by atoms with van der Waals surface area (Å²) in [6.07, 6.45) is 2.90. The van der Waals surface area contributed by atoms with Crippen molar-refractivity contribution in [3.05, 3.63) is 15.9 Å². The molecule has 0 saturated heterocycles. The smallest absolute Gasteiger partial charge is 0.323 e. The molecule has 104 valence electrons. The van der Waals surface area contributed by atoms with E-state index in [4.69, 9.17) is 5.11 Å². The van der Waals surface area contributed by atoms with Crippen LogP contribution in [-0.4, -0.2) is 45.2 Å². The van der Waals surface area contributed by atoms with Crippen molar-refractivity contribution in [3.8, 4) is 0 Å². The van der Waals surface area contributed by atoms with E-state index in [2.05, 4.69) is 26.1 Å². The topological polar surface area (TPSA) is 86.3 Å². The van der Waals surface area contributed by atoms with Crippen LogP contribution in [0.4, 0.5) is 0 Å². The van der Waals surface area contributed by atoms with Gasteiger partial charge in [-0.15, -0.1) is 0 Å². The maximum Gasteiger partial charge on any atom is 0.323 e. The minimum Gasteiger partial charge on any atom is -0.480 e. The highest BCUT2D eigenvalue weighted by atomic mass is 79.9. The molecule has 1 aromatic heterocycles. The van der Waals surface area contributed by atoms with Gasteiger partial charge in [-0.25, -0.2) is 0 Å². The van der Waals surface area contributed by atoms with E-state index in [1.54, 1.807) is 0 Å². The number of amides is 1. The number of hydrogen-bond donors (Lipinski definition) is 2. The van der Waals surface area contributed by atoms with Gasteiger partial charge in [-0.3, -0.25) is 14.7 Å². The molecular formula is C12H16BrN3O3. The van der Waals surface area contributed by atoms with E-state index in [-0.39, 0.29) is 18.1 Å². The molecule has 1 aliphatic rings. The van der Waals surface area contributed by atoms with Crippen LogP contribution in [0.15, 0.2) is 4.47 Å². The van der Waals surface area contributed by atoms with Crippen LogP contribution in [0.1, 0.15) is 48.3 Å². The zero-order valence-corrected chi connectivity index (χ0v) is 12.2. The molecule has 7 heteroatoms. The molecule has 2 rings (SSSR count). The van der Waals surface area contributed by atoms with Gasteiger partial charge in [-0.05, 0) is 35.2 Å². The first kappa shape index (κ1) is 14.0. The molecule has 2 N–H and O–H groups in total. The first-order valence-corrected chi connectivity index (χ1v) is 7.08. The summed E-state index contributed by atoms with van der Waals surface area (Å²) in [5, 5.41) is 15.8. The van der Waals surface area contributed by atoms with Crippen LogP contribution in [0.2, 0.25) is 0 Å². The summed E-state index contributed by atoms with van der Waals surface area (Å²) in [7, 11) is 0. The van der Waals surface area contributed by atoms with Gasteiger partial charge in [-0.2, -0.15) is 5.10 Å². The number of aromatic amines is 1. The van der Waals surface area contributed by atoms with Crippen molar-refractivity contribution in [2.24, 2.45) is 0 Å². The van der Waals surface area contributed by atoms with E-state index in [1.165, 1.54) is 4.90 Å². The van der Waals surface area contributed by atoms with Gasteiger partial charge in [0.25, 0.3) is 5.91 Å². The van der Waals surface area contributed by atoms with Gasteiger partial charge in [-0.1, -0.05) is 6.92 Å². The van der Waals surface area contributed by atoms with Crippen molar-refractivity contribution in [2.45, 2.75) is 32.1 Å². The second-order valence-corrected chi connectivity index (χ2v) is 5.49. The fourth-order valence-corrected chi connectivity index (χ4v) is 2.63. The number of hydrogen-bond acceptors (Lipinski definition) is 3. The normalized spacial score (nSPS) is 14.4. The molecule has 1 fully saturated rings. The summed E-state index contributed by atoms with van der Waals surface area (Å²) in [4.78, 5) is 24.4. The molecule has 0 atom stereocenters. The molecule has 1 aliphatic carbocycles. The maximum atomic E-state index is 12.3. The number of halogens is 1. The zero-order valence-electron chi connectivity index (χ0n) is 10.6. The number of carbonyl (C=O) groups is 2. The van der Waals surface area contributed by atoms with Crippen LogP contribution in [0.3, 0.4) is 0 Å². The van der Waals surface area contributed by atoms with Gasteiger partial charge < -0.3 is 10.0 Å². The van der Waals surface area contributed by atoms with Crippen LogP contribution < -0.4 is 0 Å². The van der Waals surface area contributed by atoms with E-state index in [9.17, 15) is 9.59 Å². The zero-order chi connectivity index (χ0) is 14.0. The molecule has 0 radical (unpaired) electrons. The highest BCUT2D eigenvalue weighted by Crippen LogP contribution is 2.43. The van der Waals surface area contributed by atoms with Crippen molar-refractivity contribution < 1.29 is 14.7 Å².